The molecule has 3 rings (SSSR count). The van der Waals surface area contributed by atoms with E-state index in [-0.39, 0.29) is 11.9 Å². The molecule has 0 radical (unpaired) electrons. The number of hydrogen-bond donors (Lipinski definition) is 0. The fraction of sp³-hybridized carbons (Fsp3) is 0.533. The lowest BCUT2D eigenvalue weighted by Crippen LogP contribution is -2.30. The van der Waals surface area contributed by atoms with E-state index in [0.717, 1.165) is 36.5 Å². The second kappa shape index (κ2) is 5.02. The molecule has 0 aromatic carbocycles. The summed E-state index contributed by atoms with van der Waals surface area (Å²) in [5.41, 5.74) is 4.00. The molecule has 1 fully saturated rings. The van der Waals surface area contributed by atoms with Crippen LogP contribution in [-0.4, -0.2) is 32.3 Å². The van der Waals surface area contributed by atoms with Gasteiger partial charge in [-0.15, -0.1) is 0 Å². The molecule has 0 unspecified atom stereocenters. The van der Waals surface area contributed by atoms with Crippen molar-refractivity contribution in [1.29, 1.82) is 0 Å². The van der Waals surface area contributed by atoms with Crippen LogP contribution >= 0.6 is 0 Å². The molecular weight excluding hydrogens is 268 g/mol. The highest BCUT2D eigenvalue weighted by Crippen LogP contribution is 2.36. The molecule has 0 bridgehead atoms. The van der Waals surface area contributed by atoms with Crippen LogP contribution in [0, 0.1) is 20.8 Å². The third-order valence-corrected chi connectivity index (χ3v) is 4.25. The van der Waals surface area contributed by atoms with Gasteiger partial charge >= 0.3 is 0 Å². The summed E-state index contributed by atoms with van der Waals surface area (Å²) >= 11 is 0. The smallest absolute Gasteiger partial charge is 0.292 e. The average molecular weight is 288 g/mol. The normalized spacial score (nSPS) is 18.5. The van der Waals surface area contributed by atoms with Gasteiger partial charge in [-0.25, -0.2) is 0 Å². The van der Waals surface area contributed by atoms with Crippen LogP contribution < -0.4 is 0 Å². The maximum absolute atomic E-state index is 12.6. The number of carbonyl (C=O) groups is 1. The highest BCUT2D eigenvalue weighted by atomic mass is 16.5. The van der Waals surface area contributed by atoms with E-state index in [1.807, 2.05) is 30.5 Å². The minimum atomic E-state index is -0.0826. The van der Waals surface area contributed by atoms with Crippen molar-refractivity contribution in [1.82, 2.24) is 19.8 Å². The second-order valence-corrected chi connectivity index (χ2v) is 5.70. The largest absolute Gasteiger partial charge is 0.351 e. The SMILES string of the molecule is Cc1cc(C(=O)N2CCC[C@H]2c2c(C)nn(C)c2C)on1. The molecule has 6 heteroatoms. The van der Waals surface area contributed by atoms with Gasteiger partial charge in [-0.3, -0.25) is 9.48 Å². The molecule has 1 aliphatic rings. The first-order valence-corrected chi connectivity index (χ1v) is 7.23. The van der Waals surface area contributed by atoms with Crippen LogP contribution in [0.1, 0.15) is 52.1 Å². The molecule has 1 aliphatic heterocycles. The van der Waals surface area contributed by atoms with Crippen molar-refractivity contribution >= 4 is 5.91 Å². The van der Waals surface area contributed by atoms with Gasteiger partial charge in [0.1, 0.15) is 0 Å². The van der Waals surface area contributed by atoms with E-state index < -0.39 is 0 Å². The van der Waals surface area contributed by atoms with Gasteiger partial charge in [0.05, 0.1) is 17.4 Å². The molecule has 1 amide bonds. The van der Waals surface area contributed by atoms with E-state index in [1.165, 1.54) is 5.56 Å². The van der Waals surface area contributed by atoms with Gasteiger partial charge in [0.25, 0.3) is 5.91 Å². The molecule has 2 aromatic rings. The average Bonchev–Trinajstić information content (AvgIpc) is 3.11. The van der Waals surface area contributed by atoms with Crippen LogP contribution in [0.2, 0.25) is 0 Å². The predicted molar refractivity (Wildman–Crippen MR) is 76.9 cm³/mol. The van der Waals surface area contributed by atoms with Gasteiger partial charge in [0.15, 0.2) is 0 Å². The van der Waals surface area contributed by atoms with Crippen LogP contribution in [0.3, 0.4) is 0 Å². The summed E-state index contributed by atoms with van der Waals surface area (Å²) in [6.45, 7) is 6.62. The number of rotatable bonds is 2. The van der Waals surface area contributed by atoms with E-state index in [1.54, 1.807) is 6.07 Å². The summed E-state index contributed by atoms with van der Waals surface area (Å²) in [6.07, 6.45) is 1.96. The Bertz CT molecular complexity index is 686. The topological polar surface area (TPSA) is 64.2 Å². The molecule has 1 atom stereocenters. The van der Waals surface area contributed by atoms with Gasteiger partial charge in [-0.05, 0) is 33.6 Å². The lowest BCUT2D eigenvalue weighted by atomic mass is 10.0. The van der Waals surface area contributed by atoms with Crippen molar-refractivity contribution in [3.05, 3.63) is 34.5 Å². The molecule has 0 aliphatic carbocycles. The third-order valence-electron chi connectivity index (χ3n) is 4.25. The van der Waals surface area contributed by atoms with E-state index in [2.05, 4.69) is 17.2 Å². The number of carbonyl (C=O) groups excluding carboxylic acids is 1. The Morgan fingerprint density at radius 1 is 1.38 bits per heavy atom. The summed E-state index contributed by atoms with van der Waals surface area (Å²) in [6, 6.07) is 1.78. The Hall–Kier alpha value is -2.11. The minimum absolute atomic E-state index is 0.0802. The molecular formula is C15H20N4O2. The van der Waals surface area contributed by atoms with Crippen molar-refractivity contribution in [2.75, 3.05) is 6.54 Å². The Balaban J connectivity index is 1.94. The Kier molecular flexibility index (Phi) is 3.31. The monoisotopic (exact) mass is 288 g/mol. The number of aryl methyl sites for hydroxylation is 3. The molecule has 3 heterocycles. The predicted octanol–water partition coefficient (Wildman–Crippen LogP) is 2.31. The van der Waals surface area contributed by atoms with Crippen LogP contribution in [-0.2, 0) is 7.05 Å². The fourth-order valence-corrected chi connectivity index (χ4v) is 3.19. The number of nitrogens with zero attached hydrogens (tertiary/aromatic N) is 4. The van der Waals surface area contributed by atoms with Crippen LogP contribution in [0.5, 0.6) is 0 Å². The quantitative estimate of drug-likeness (QED) is 0.850. The molecule has 1 saturated heterocycles. The molecule has 0 spiro atoms. The van der Waals surface area contributed by atoms with Crippen molar-refractivity contribution in [3.8, 4) is 0 Å². The lowest BCUT2D eigenvalue weighted by molar-refractivity contribution is 0.0692. The van der Waals surface area contributed by atoms with E-state index >= 15 is 0 Å². The van der Waals surface area contributed by atoms with E-state index in [4.69, 9.17) is 4.52 Å². The highest BCUT2D eigenvalue weighted by molar-refractivity contribution is 5.92. The lowest BCUT2D eigenvalue weighted by Gasteiger charge is -2.24. The maximum Gasteiger partial charge on any atom is 0.292 e. The number of aromatic nitrogens is 3. The van der Waals surface area contributed by atoms with E-state index in [0.29, 0.717) is 5.76 Å². The Morgan fingerprint density at radius 2 is 2.14 bits per heavy atom. The van der Waals surface area contributed by atoms with Gasteiger partial charge in [0.2, 0.25) is 5.76 Å². The van der Waals surface area contributed by atoms with E-state index in [9.17, 15) is 4.79 Å². The molecule has 21 heavy (non-hydrogen) atoms. The summed E-state index contributed by atoms with van der Waals surface area (Å²) in [5, 5.41) is 8.28. The first-order chi connectivity index (χ1) is 9.99. The summed E-state index contributed by atoms with van der Waals surface area (Å²) in [4.78, 5) is 14.5. The highest BCUT2D eigenvalue weighted by Gasteiger charge is 2.35. The van der Waals surface area contributed by atoms with Gasteiger partial charge in [0, 0.05) is 30.9 Å². The van der Waals surface area contributed by atoms with Crippen molar-refractivity contribution in [2.24, 2.45) is 7.05 Å². The minimum Gasteiger partial charge on any atom is -0.351 e. The van der Waals surface area contributed by atoms with Crippen molar-refractivity contribution in [3.63, 3.8) is 0 Å². The zero-order chi connectivity index (χ0) is 15.1. The van der Waals surface area contributed by atoms with Crippen molar-refractivity contribution in [2.45, 2.75) is 39.7 Å². The van der Waals surface area contributed by atoms with Crippen LogP contribution in [0.15, 0.2) is 10.6 Å². The molecule has 112 valence electrons. The van der Waals surface area contributed by atoms with Gasteiger partial charge < -0.3 is 9.42 Å². The first kappa shape index (κ1) is 13.9. The Morgan fingerprint density at radius 3 is 2.71 bits per heavy atom. The third kappa shape index (κ3) is 2.24. The van der Waals surface area contributed by atoms with Crippen LogP contribution in [0.4, 0.5) is 0 Å². The number of amides is 1. The number of hydrogen-bond acceptors (Lipinski definition) is 4. The summed E-state index contributed by atoms with van der Waals surface area (Å²) < 4.78 is 7.01. The van der Waals surface area contributed by atoms with Gasteiger partial charge in [-0.1, -0.05) is 5.16 Å². The van der Waals surface area contributed by atoms with Crippen LogP contribution in [0.25, 0.3) is 0 Å². The molecule has 6 nitrogen and oxygen atoms in total. The molecule has 0 saturated carbocycles. The summed E-state index contributed by atoms with van der Waals surface area (Å²) in [5.74, 6) is 0.236. The standard InChI is InChI=1S/C15H20N4O2/c1-9-8-13(21-17-9)15(20)19-7-5-6-12(19)14-10(2)16-18(4)11(14)3/h8,12H,5-7H2,1-4H3/t12-/m0/s1. The second-order valence-electron chi connectivity index (χ2n) is 5.70. The Labute approximate surface area is 123 Å². The first-order valence-electron chi connectivity index (χ1n) is 7.23. The maximum atomic E-state index is 12.6. The van der Waals surface area contributed by atoms with Gasteiger partial charge in [-0.2, -0.15) is 5.10 Å². The fourth-order valence-electron chi connectivity index (χ4n) is 3.19. The van der Waals surface area contributed by atoms with Crippen molar-refractivity contribution < 1.29 is 9.32 Å². The molecule has 2 aromatic heterocycles. The zero-order valence-corrected chi connectivity index (χ0v) is 12.9. The zero-order valence-electron chi connectivity index (χ0n) is 12.9. The molecule has 0 N–H and O–H groups in total. The summed E-state index contributed by atoms with van der Waals surface area (Å²) in [7, 11) is 1.94. The number of likely N-dealkylation sites (tertiary alicyclic amines) is 1.